The van der Waals surface area contributed by atoms with Gasteiger partial charge in [-0.3, -0.25) is 9.69 Å². The van der Waals surface area contributed by atoms with Crippen molar-refractivity contribution >= 4 is 17.2 Å². The summed E-state index contributed by atoms with van der Waals surface area (Å²) in [4.78, 5) is 18.4. The van der Waals surface area contributed by atoms with Crippen molar-refractivity contribution in [2.75, 3.05) is 53.6 Å². The lowest BCUT2D eigenvalue weighted by atomic mass is 10.0. The lowest BCUT2D eigenvalue weighted by Crippen LogP contribution is -2.48. The summed E-state index contributed by atoms with van der Waals surface area (Å²) in [6.45, 7) is 4.58. The number of hydrogen-bond acceptors (Lipinski definition) is 7. The van der Waals surface area contributed by atoms with Crippen LogP contribution in [0.5, 0.6) is 11.5 Å². The minimum Gasteiger partial charge on any atom is -0.493 e. The van der Waals surface area contributed by atoms with Crippen molar-refractivity contribution in [1.29, 1.82) is 0 Å². The minimum atomic E-state index is -0.618. The number of hydrogen-bond donors (Lipinski definition) is 1. The Hall–Kier alpha value is -2.13. The average Bonchev–Trinajstić information content (AvgIpc) is 3.26. The van der Waals surface area contributed by atoms with Gasteiger partial charge >= 0.3 is 0 Å². The zero-order valence-corrected chi connectivity index (χ0v) is 19.3. The van der Waals surface area contributed by atoms with Crippen LogP contribution in [-0.4, -0.2) is 80.5 Å². The summed E-state index contributed by atoms with van der Waals surface area (Å²) in [5, 5.41) is 12.1. The molecule has 1 amide bonds. The van der Waals surface area contributed by atoms with Crippen LogP contribution in [0.25, 0.3) is 0 Å². The number of carbonyl (C=O) groups excluding carboxylic acids is 1. The van der Waals surface area contributed by atoms with E-state index in [2.05, 4.69) is 11.4 Å². The number of amides is 1. The van der Waals surface area contributed by atoms with E-state index >= 15 is 0 Å². The summed E-state index contributed by atoms with van der Waals surface area (Å²) < 4.78 is 16.5. The van der Waals surface area contributed by atoms with Gasteiger partial charge in [-0.05, 0) is 42.1 Å². The van der Waals surface area contributed by atoms with Crippen molar-refractivity contribution in [3.05, 3.63) is 46.2 Å². The van der Waals surface area contributed by atoms with E-state index in [1.807, 2.05) is 41.0 Å². The number of rotatable bonds is 11. The number of fused-ring (bicyclic) bond motifs is 1. The van der Waals surface area contributed by atoms with Gasteiger partial charge in [0.15, 0.2) is 11.5 Å². The van der Waals surface area contributed by atoms with Crippen LogP contribution >= 0.6 is 11.3 Å². The molecule has 0 aliphatic carbocycles. The van der Waals surface area contributed by atoms with Crippen LogP contribution in [-0.2, 0) is 16.0 Å². The Balaban J connectivity index is 1.72. The Morgan fingerprint density at radius 3 is 2.77 bits per heavy atom. The van der Waals surface area contributed by atoms with Gasteiger partial charge in [-0.2, -0.15) is 0 Å². The van der Waals surface area contributed by atoms with Crippen molar-refractivity contribution in [2.45, 2.75) is 25.5 Å². The van der Waals surface area contributed by atoms with Crippen molar-refractivity contribution in [1.82, 2.24) is 9.80 Å². The zero-order chi connectivity index (χ0) is 22.2. The van der Waals surface area contributed by atoms with E-state index in [1.165, 1.54) is 4.88 Å². The predicted molar refractivity (Wildman–Crippen MR) is 121 cm³/mol. The normalized spacial score (nSPS) is 16.8. The van der Waals surface area contributed by atoms with Crippen LogP contribution in [0.3, 0.4) is 0 Å². The van der Waals surface area contributed by atoms with Gasteiger partial charge in [-0.25, -0.2) is 0 Å². The third kappa shape index (κ3) is 5.98. The van der Waals surface area contributed by atoms with Gasteiger partial charge in [0.25, 0.3) is 0 Å². The highest BCUT2D eigenvalue weighted by molar-refractivity contribution is 7.10. The molecule has 2 heterocycles. The molecule has 0 bridgehead atoms. The molecule has 0 saturated carbocycles. The first-order valence-corrected chi connectivity index (χ1v) is 11.5. The molecule has 0 saturated heterocycles. The number of ether oxygens (including phenoxy) is 3. The smallest absolute Gasteiger partial charge is 0.237 e. The second-order valence-electron chi connectivity index (χ2n) is 7.55. The first kappa shape index (κ1) is 23.5. The Kier molecular flexibility index (Phi) is 8.71. The van der Waals surface area contributed by atoms with Gasteiger partial charge < -0.3 is 24.2 Å². The van der Waals surface area contributed by atoms with E-state index in [4.69, 9.17) is 14.2 Å². The van der Waals surface area contributed by atoms with Gasteiger partial charge in [0.2, 0.25) is 5.91 Å². The summed E-state index contributed by atoms with van der Waals surface area (Å²) in [6, 6.07) is 9.47. The molecule has 1 aromatic carbocycles. The third-order valence-corrected chi connectivity index (χ3v) is 6.51. The van der Waals surface area contributed by atoms with Crippen LogP contribution in [0.4, 0.5) is 0 Å². The number of methoxy groups -OCH3 is 2. The summed E-state index contributed by atoms with van der Waals surface area (Å²) >= 11 is 1.73. The molecular weight excluding hydrogens is 416 g/mol. The molecule has 3 rings (SSSR count). The molecular formula is C23H32N2O5S. The highest BCUT2D eigenvalue weighted by Crippen LogP contribution is 2.35. The maximum absolute atomic E-state index is 13.3. The standard InChI is InChI=1S/C23H32N2O5S/c1-4-24(13-17(26)15-28-2)14-23(27)25-11-9-22-18(10-12-31-22)19(25)16-30-21-8-6-5-7-20(21)29-3/h5-8,10,12,17,19,26H,4,9,11,13-16H2,1-3H3. The highest BCUT2D eigenvalue weighted by atomic mass is 32.1. The predicted octanol–water partition coefficient (Wildman–Crippen LogP) is 2.59. The van der Waals surface area contributed by atoms with Gasteiger partial charge in [0.1, 0.15) is 6.61 Å². The first-order chi connectivity index (χ1) is 15.1. The van der Waals surface area contributed by atoms with Gasteiger partial charge in [0, 0.05) is 25.1 Å². The van der Waals surface area contributed by atoms with E-state index in [0.717, 1.165) is 12.0 Å². The molecule has 170 valence electrons. The molecule has 0 spiro atoms. The molecule has 2 atom stereocenters. The van der Waals surface area contributed by atoms with Crippen LogP contribution in [0.2, 0.25) is 0 Å². The van der Waals surface area contributed by atoms with Crippen LogP contribution in [0.15, 0.2) is 35.7 Å². The van der Waals surface area contributed by atoms with E-state index in [0.29, 0.717) is 37.7 Å². The number of carbonyl (C=O) groups is 1. The fourth-order valence-electron chi connectivity index (χ4n) is 3.91. The fourth-order valence-corrected chi connectivity index (χ4v) is 4.84. The lowest BCUT2D eigenvalue weighted by Gasteiger charge is -2.37. The topological polar surface area (TPSA) is 71.5 Å². The molecule has 2 unspecified atom stereocenters. The van der Waals surface area contributed by atoms with Crippen molar-refractivity contribution < 1.29 is 24.1 Å². The molecule has 0 radical (unpaired) electrons. The number of thiophene rings is 1. The number of para-hydroxylation sites is 2. The van der Waals surface area contributed by atoms with E-state index in [9.17, 15) is 9.90 Å². The average molecular weight is 449 g/mol. The monoisotopic (exact) mass is 448 g/mol. The van der Waals surface area contributed by atoms with Crippen molar-refractivity contribution in [3.8, 4) is 11.5 Å². The second kappa shape index (κ2) is 11.5. The highest BCUT2D eigenvalue weighted by Gasteiger charge is 2.33. The van der Waals surface area contributed by atoms with Crippen molar-refractivity contribution in [2.24, 2.45) is 0 Å². The maximum atomic E-state index is 13.3. The second-order valence-corrected chi connectivity index (χ2v) is 8.55. The Morgan fingerprint density at radius 2 is 2.06 bits per heavy atom. The molecule has 31 heavy (non-hydrogen) atoms. The number of likely N-dealkylation sites (N-methyl/N-ethyl adjacent to an activating group) is 1. The van der Waals surface area contributed by atoms with E-state index in [-0.39, 0.29) is 25.1 Å². The summed E-state index contributed by atoms with van der Waals surface area (Å²) in [7, 11) is 3.18. The Labute approximate surface area is 188 Å². The van der Waals surface area contributed by atoms with Gasteiger partial charge in [0.05, 0.1) is 32.4 Å². The zero-order valence-electron chi connectivity index (χ0n) is 18.5. The Morgan fingerprint density at radius 1 is 1.29 bits per heavy atom. The van der Waals surface area contributed by atoms with Crippen LogP contribution in [0.1, 0.15) is 23.4 Å². The first-order valence-electron chi connectivity index (χ1n) is 10.6. The van der Waals surface area contributed by atoms with E-state index in [1.54, 1.807) is 25.6 Å². The van der Waals surface area contributed by atoms with Gasteiger partial charge in [-0.15, -0.1) is 11.3 Å². The lowest BCUT2D eigenvalue weighted by molar-refractivity contribution is -0.136. The third-order valence-electron chi connectivity index (χ3n) is 5.52. The molecule has 1 aromatic heterocycles. The molecule has 0 fully saturated rings. The fraction of sp³-hybridized carbons (Fsp3) is 0.522. The molecule has 1 N–H and O–H groups in total. The van der Waals surface area contributed by atoms with Crippen LogP contribution in [0, 0.1) is 0 Å². The largest absolute Gasteiger partial charge is 0.493 e. The molecule has 2 aromatic rings. The molecule has 1 aliphatic rings. The maximum Gasteiger partial charge on any atom is 0.237 e. The molecule has 1 aliphatic heterocycles. The number of aliphatic hydroxyl groups is 1. The molecule has 8 heteroatoms. The SMILES string of the molecule is CCN(CC(=O)N1CCc2sccc2C1COc1ccccc1OC)CC(O)COC. The number of benzene rings is 1. The summed E-state index contributed by atoms with van der Waals surface area (Å²) in [5.41, 5.74) is 1.15. The van der Waals surface area contributed by atoms with Crippen LogP contribution < -0.4 is 9.47 Å². The van der Waals surface area contributed by atoms with E-state index < -0.39 is 6.10 Å². The van der Waals surface area contributed by atoms with Crippen molar-refractivity contribution in [3.63, 3.8) is 0 Å². The molecule has 7 nitrogen and oxygen atoms in total. The minimum absolute atomic E-state index is 0.0388. The summed E-state index contributed by atoms with van der Waals surface area (Å²) in [6.07, 6.45) is 0.231. The van der Waals surface area contributed by atoms with Gasteiger partial charge in [-0.1, -0.05) is 19.1 Å². The number of aliphatic hydroxyl groups excluding tert-OH is 1. The number of nitrogens with zero attached hydrogens (tertiary/aromatic N) is 2. The summed E-state index contributed by atoms with van der Waals surface area (Å²) in [5.74, 6) is 1.38. The Bertz CT molecular complexity index is 843. The quantitative estimate of drug-likeness (QED) is 0.570.